The van der Waals surface area contributed by atoms with Crippen molar-refractivity contribution < 1.29 is 0 Å². The van der Waals surface area contributed by atoms with Gasteiger partial charge in [-0.1, -0.05) is 206 Å². The van der Waals surface area contributed by atoms with Gasteiger partial charge in [-0.3, -0.25) is 0 Å². The molecule has 0 fully saturated rings. The second kappa shape index (κ2) is 13.4. The van der Waals surface area contributed by atoms with E-state index in [1.165, 1.54) is 61.3 Å². The molecule has 3 aliphatic rings. The summed E-state index contributed by atoms with van der Waals surface area (Å²) in [6.45, 7) is 0. The van der Waals surface area contributed by atoms with Crippen LogP contribution in [0.2, 0.25) is 0 Å². The van der Waals surface area contributed by atoms with Crippen LogP contribution in [0.1, 0.15) is 50.4 Å². The number of allylic oxidation sites excluding steroid dienone is 4. The van der Waals surface area contributed by atoms with Gasteiger partial charge in [0.25, 0.3) is 0 Å². The van der Waals surface area contributed by atoms with Crippen LogP contribution < -0.4 is 4.90 Å². The van der Waals surface area contributed by atoms with Crippen molar-refractivity contribution in [2.24, 2.45) is 5.92 Å². The van der Waals surface area contributed by atoms with Crippen LogP contribution in [0.15, 0.2) is 237 Å². The molecule has 8 aromatic rings. The molecule has 0 bridgehead atoms. The van der Waals surface area contributed by atoms with E-state index in [9.17, 15) is 0 Å². The van der Waals surface area contributed by atoms with Crippen LogP contribution in [0, 0.1) is 5.92 Å². The van der Waals surface area contributed by atoms with E-state index in [-0.39, 0.29) is 11.3 Å². The summed E-state index contributed by atoms with van der Waals surface area (Å²) in [6.07, 6.45) is 9.32. The van der Waals surface area contributed by atoms with Crippen molar-refractivity contribution in [3.8, 4) is 11.1 Å². The smallest absolute Gasteiger partial charge is 0.0734 e. The number of hydrogen-bond acceptors (Lipinski definition) is 1. The van der Waals surface area contributed by atoms with Crippen molar-refractivity contribution >= 4 is 17.1 Å². The minimum absolute atomic E-state index is 0.256. The first-order valence-electron chi connectivity index (χ1n) is 20.1. The summed E-state index contributed by atoms with van der Waals surface area (Å²) in [7, 11) is 0. The highest BCUT2D eigenvalue weighted by Gasteiger charge is 2.53. The third kappa shape index (κ3) is 4.82. The molecular weight excluding hydrogens is 687 g/mol. The summed E-state index contributed by atoms with van der Waals surface area (Å²) in [5.74, 6) is 0.566. The molecule has 270 valence electrons. The highest BCUT2D eigenvalue weighted by molar-refractivity contribution is 5.94. The summed E-state index contributed by atoms with van der Waals surface area (Å²) in [4.78, 5) is 2.49. The minimum atomic E-state index is -0.543. The zero-order chi connectivity index (χ0) is 37.8. The average Bonchev–Trinajstić information content (AvgIpc) is 3.77. The Balaban J connectivity index is 1.16. The summed E-state index contributed by atoms with van der Waals surface area (Å²) >= 11 is 0. The quantitative estimate of drug-likeness (QED) is 0.158. The molecule has 0 aliphatic heterocycles. The second-order valence-electron chi connectivity index (χ2n) is 15.5. The number of fused-ring (bicyclic) bond motifs is 6. The van der Waals surface area contributed by atoms with Gasteiger partial charge < -0.3 is 4.90 Å². The average molecular weight is 728 g/mol. The molecule has 0 radical (unpaired) electrons. The molecule has 3 aliphatic carbocycles. The van der Waals surface area contributed by atoms with Crippen molar-refractivity contribution in [1.29, 1.82) is 0 Å². The standard InChI is InChI=1S/C56H41N/c1-5-20-40(21-6-1)55(50-32-16-13-28-46(50)47-29-14-17-33-51(47)55)43-36-38-45(39-37-43)57(44-26-11-4-12-27-44)53-35-19-31-49-48-30-15-18-34-52(48)56(54(49)53,41-22-7-2-8-23-41)42-24-9-3-10-25-42/h1-39,46,50H. The van der Waals surface area contributed by atoms with Gasteiger partial charge in [-0.15, -0.1) is 0 Å². The molecule has 3 atom stereocenters. The van der Waals surface area contributed by atoms with Crippen LogP contribution in [-0.2, 0) is 10.8 Å². The normalized spacial score (nSPS) is 19.3. The Morgan fingerprint density at radius 3 is 1.56 bits per heavy atom. The van der Waals surface area contributed by atoms with Crippen molar-refractivity contribution in [3.63, 3.8) is 0 Å². The molecule has 11 rings (SSSR count). The van der Waals surface area contributed by atoms with Crippen LogP contribution in [0.5, 0.6) is 0 Å². The number of rotatable bonds is 7. The first-order valence-corrected chi connectivity index (χ1v) is 20.1. The van der Waals surface area contributed by atoms with Crippen LogP contribution in [0.4, 0.5) is 17.1 Å². The third-order valence-electron chi connectivity index (χ3n) is 12.9. The lowest BCUT2D eigenvalue weighted by Gasteiger charge is -2.39. The highest BCUT2D eigenvalue weighted by atomic mass is 15.1. The van der Waals surface area contributed by atoms with E-state index in [4.69, 9.17) is 0 Å². The van der Waals surface area contributed by atoms with Crippen LogP contribution >= 0.6 is 0 Å². The van der Waals surface area contributed by atoms with Gasteiger partial charge in [0.05, 0.1) is 16.5 Å². The van der Waals surface area contributed by atoms with E-state index >= 15 is 0 Å². The Hall–Kier alpha value is -6.96. The molecule has 0 spiro atoms. The highest BCUT2D eigenvalue weighted by Crippen LogP contribution is 2.61. The zero-order valence-electron chi connectivity index (χ0n) is 31.6. The molecule has 1 nitrogen and oxygen atoms in total. The van der Waals surface area contributed by atoms with Crippen molar-refractivity contribution in [3.05, 3.63) is 281 Å². The van der Waals surface area contributed by atoms with Gasteiger partial charge in [-0.05, 0) is 80.4 Å². The van der Waals surface area contributed by atoms with Crippen LogP contribution in [-0.4, -0.2) is 0 Å². The Labute approximate surface area is 335 Å². The predicted octanol–water partition coefficient (Wildman–Crippen LogP) is 13.7. The predicted molar refractivity (Wildman–Crippen MR) is 236 cm³/mol. The van der Waals surface area contributed by atoms with Crippen molar-refractivity contribution in [2.45, 2.75) is 16.7 Å². The minimum Gasteiger partial charge on any atom is -0.310 e. The van der Waals surface area contributed by atoms with E-state index in [1.807, 2.05) is 0 Å². The van der Waals surface area contributed by atoms with Gasteiger partial charge in [-0.2, -0.15) is 0 Å². The Kier molecular flexibility index (Phi) is 7.82. The molecule has 0 aromatic heterocycles. The van der Waals surface area contributed by atoms with Gasteiger partial charge >= 0.3 is 0 Å². The number of benzene rings is 8. The maximum atomic E-state index is 2.49. The second-order valence-corrected chi connectivity index (χ2v) is 15.5. The van der Waals surface area contributed by atoms with Crippen LogP contribution in [0.25, 0.3) is 11.1 Å². The molecule has 3 unspecified atom stereocenters. The zero-order valence-corrected chi connectivity index (χ0v) is 31.6. The van der Waals surface area contributed by atoms with Crippen molar-refractivity contribution in [1.82, 2.24) is 0 Å². The SMILES string of the molecule is C1=CC2c3ccccc3C(c3ccccc3)(c3ccc(N(c4ccccc4)c4cccc5c4C(c4ccccc4)(c4ccccc4)c4ccccc4-5)cc3)C2C=C1. The molecule has 0 saturated heterocycles. The Morgan fingerprint density at radius 1 is 0.368 bits per heavy atom. The Bertz CT molecular complexity index is 2740. The number of para-hydroxylation sites is 1. The molecule has 1 heteroatoms. The van der Waals surface area contributed by atoms with Crippen molar-refractivity contribution in [2.75, 3.05) is 4.90 Å². The molecule has 0 N–H and O–H groups in total. The van der Waals surface area contributed by atoms with Gasteiger partial charge in [0, 0.05) is 28.8 Å². The van der Waals surface area contributed by atoms with E-state index in [0.717, 1.165) is 11.4 Å². The van der Waals surface area contributed by atoms with E-state index < -0.39 is 5.41 Å². The molecule has 0 saturated carbocycles. The van der Waals surface area contributed by atoms with E-state index in [0.29, 0.717) is 5.92 Å². The van der Waals surface area contributed by atoms with E-state index in [2.05, 4.69) is 242 Å². The monoisotopic (exact) mass is 727 g/mol. The lowest BCUT2D eigenvalue weighted by Crippen LogP contribution is -2.35. The van der Waals surface area contributed by atoms with Crippen LogP contribution in [0.3, 0.4) is 0 Å². The summed E-state index contributed by atoms with van der Waals surface area (Å²) in [5, 5.41) is 0. The fourth-order valence-corrected chi connectivity index (χ4v) is 10.8. The molecule has 0 amide bonds. The number of hydrogen-bond donors (Lipinski definition) is 0. The fraction of sp³-hybridized carbons (Fsp3) is 0.0714. The summed E-state index contributed by atoms with van der Waals surface area (Å²) < 4.78 is 0. The van der Waals surface area contributed by atoms with Gasteiger partial charge in [-0.25, -0.2) is 0 Å². The molecule has 57 heavy (non-hydrogen) atoms. The summed E-state index contributed by atoms with van der Waals surface area (Å²) in [6, 6.07) is 78.8. The van der Waals surface area contributed by atoms with E-state index in [1.54, 1.807) is 0 Å². The lowest BCUT2D eigenvalue weighted by atomic mass is 9.63. The maximum Gasteiger partial charge on any atom is 0.0734 e. The molecule has 8 aromatic carbocycles. The third-order valence-corrected chi connectivity index (χ3v) is 12.9. The first-order chi connectivity index (χ1) is 28.3. The molecular formula is C56H41N. The largest absolute Gasteiger partial charge is 0.310 e. The molecule has 0 heterocycles. The van der Waals surface area contributed by atoms with Gasteiger partial charge in [0.15, 0.2) is 0 Å². The fourth-order valence-electron chi connectivity index (χ4n) is 10.8. The number of anilines is 3. The first kappa shape index (κ1) is 33.4. The maximum absolute atomic E-state index is 2.49. The van der Waals surface area contributed by atoms with Gasteiger partial charge in [0.2, 0.25) is 0 Å². The van der Waals surface area contributed by atoms with Gasteiger partial charge in [0.1, 0.15) is 0 Å². The lowest BCUT2D eigenvalue weighted by molar-refractivity contribution is 0.457. The Morgan fingerprint density at radius 2 is 0.877 bits per heavy atom. The topological polar surface area (TPSA) is 3.24 Å². The number of nitrogens with zero attached hydrogens (tertiary/aromatic N) is 1. The summed E-state index contributed by atoms with van der Waals surface area (Å²) in [5.41, 5.74) is 15.6.